The molecule has 0 atom stereocenters. The largest absolute Gasteiger partial charge is 0.384 e. The Morgan fingerprint density at radius 1 is 1.33 bits per heavy atom. The number of para-hydroxylation sites is 1. The van der Waals surface area contributed by atoms with Crippen molar-refractivity contribution in [1.29, 1.82) is 0 Å². The number of anilines is 1. The highest BCUT2D eigenvalue weighted by Crippen LogP contribution is 2.26. The summed E-state index contributed by atoms with van der Waals surface area (Å²) in [6.45, 7) is -0.258. The first-order valence-electron chi connectivity index (χ1n) is 4.32. The van der Waals surface area contributed by atoms with Crippen LogP contribution in [0, 0.1) is 11.8 Å². The van der Waals surface area contributed by atoms with Crippen LogP contribution in [0.2, 0.25) is 0 Å². The van der Waals surface area contributed by atoms with E-state index in [1.54, 1.807) is 18.2 Å². The van der Waals surface area contributed by atoms with Gasteiger partial charge in [-0.3, -0.25) is 9.59 Å². The number of carbonyl (C=O) groups excluding carboxylic acids is 2. The third-order valence-electron chi connectivity index (χ3n) is 2.06. The molecule has 0 saturated carbocycles. The van der Waals surface area contributed by atoms with Gasteiger partial charge in [-0.15, -0.1) is 0 Å². The van der Waals surface area contributed by atoms with Crippen molar-refractivity contribution in [1.82, 2.24) is 0 Å². The lowest BCUT2D eigenvalue weighted by Gasteiger charge is -1.99. The normalized spacial score (nSPS) is 12.9. The lowest BCUT2D eigenvalue weighted by Crippen LogP contribution is -2.12. The maximum absolute atomic E-state index is 11.3. The van der Waals surface area contributed by atoms with Crippen molar-refractivity contribution < 1.29 is 14.7 Å². The minimum atomic E-state index is -0.636. The lowest BCUT2D eigenvalue weighted by molar-refractivity contribution is -0.112. The maximum Gasteiger partial charge on any atom is 0.296 e. The third-order valence-corrected chi connectivity index (χ3v) is 2.06. The van der Waals surface area contributed by atoms with Crippen LogP contribution < -0.4 is 5.32 Å². The summed E-state index contributed by atoms with van der Waals surface area (Å²) in [6, 6.07) is 4.90. The van der Waals surface area contributed by atoms with Crippen molar-refractivity contribution >= 4 is 17.4 Å². The number of hydrogen-bond donors (Lipinski definition) is 2. The molecule has 0 saturated heterocycles. The molecule has 0 fully saturated rings. The number of fused-ring (bicyclic) bond motifs is 1. The van der Waals surface area contributed by atoms with Crippen LogP contribution in [0.1, 0.15) is 15.9 Å². The van der Waals surface area contributed by atoms with E-state index in [9.17, 15) is 9.59 Å². The van der Waals surface area contributed by atoms with Crippen LogP contribution in [0.3, 0.4) is 0 Å². The highest BCUT2D eigenvalue weighted by atomic mass is 16.2. The van der Waals surface area contributed by atoms with Gasteiger partial charge in [0.2, 0.25) is 0 Å². The number of nitrogens with one attached hydrogen (secondary N) is 1. The van der Waals surface area contributed by atoms with Gasteiger partial charge in [-0.1, -0.05) is 17.9 Å². The van der Waals surface area contributed by atoms with E-state index in [1.807, 2.05) is 0 Å². The second kappa shape index (κ2) is 3.56. The first kappa shape index (κ1) is 9.44. The maximum atomic E-state index is 11.3. The topological polar surface area (TPSA) is 66.4 Å². The number of hydrogen-bond acceptors (Lipinski definition) is 3. The molecule has 1 aliphatic heterocycles. The first-order valence-corrected chi connectivity index (χ1v) is 4.32. The zero-order valence-corrected chi connectivity index (χ0v) is 7.70. The molecule has 0 unspecified atom stereocenters. The molecule has 1 aliphatic rings. The predicted molar refractivity (Wildman–Crippen MR) is 53.4 cm³/mol. The van der Waals surface area contributed by atoms with Crippen molar-refractivity contribution in [2.24, 2.45) is 0 Å². The fourth-order valence-corrected chi connectivity index (χ4v) is 1.41. The smallest absolute Gasteiger partial charge is 0.296 e. The van der Waals surface area contributed by atoms with E-state index in [0.29, 0.717) is 16.8 Å². The van der Waals surface area contributed by atoms with Crippen molar-refractivity contribution in [2.45, 2.75) is 0 Å². The molecule has 0 bridgehead atoms. The molecule has 15 heavy (non-hydrogen) atoms. The summed E-state index contributed by atoms with van der Waals surface area (Å²) in [5, 5.41) is 11.0. The van der Waals surface area contributed by atoms with Gasteiger partial charge in [-0.2, -0.15) is 0 Å². The van der Waals surface area contributed by atoms with E-state index in [1.165, 1.54) is 0 Å². The molecular formula is C11H7NO3. The molecule has 1 aromatic carbocycles. The van der Waals surface area contributed by atoms with E-state index >= 15 is 0 Å². The highest BCUT2D eigenvalue weighted by molar-refractivity contribution is 6.51. The van der Waals surface area contributed by atoms with E-state index in [0.717, 1.165) is 0 Å². The van der Waals surface area contributed by atoms with Crippen molar-refractivity contribution in [3.63, 3.8) is 0 Å². The number of Topliss-reactive ketones (excluding diaryl/α,β-unsaturated/α-hetero) is 1. The monoisotopic (exact) mass is 201 g/mol. The molecule has 1 heterocycles. The quantitative estimate of drug-likeness (QED) is 0.464. The molecule has 0 aromatic heterocycles. The van der Waals surface area contributed by atoms with Gasteiger partial charge < -0.3 is 10.4 Å². The summed E-state index contributed by atoms with van der Waals surface area (Å²) in [5.74, 6) is 3.96. The van der Waals surface area contributed by atoms with Crippen LogP contribution in [-0.2, 0) is 4.79 Å². The van der Waals surface area contributed by atoms with Gasteiger partial charge in [0, 0.05) is 5.56 Å². The molecule has 0 spiro atoms. The Morgan fingerprint density at radius 3 is 2.87 bits per heavy atom. The van der Waals surface area contributed by atoms with Crippen LogP contribution in [0.5, 0.6) is 0 Å². The molecule has 74 valence electrons. The summed E-state index contributed by atoms with van der Waals surface area (Å²) < 4.78 is 0. The fourth-order valence-electron chi connectivity index (χ4n) is 1.41. The average Bonchev–Trinajstić information content (AvgIpc) is 2.53. The third kappa shape index (κ3) is 1.49. The van der Waals surface area contributed by atoms with Crippen molar-refractivity contribution in [3.05, 3.63) is 29.3 Å². The predicted octanol–water partition coefficient (Wildman–Crippen LogP) is 0.165. The van der Waals surface area contributed by atoms with Gasteiger partial charge in [-0.25, -0.2) is 0 Å². The summed E-state index contributed by atoms with van der Waals surface area (Å²) in [5.41, 5.74) is 1.32. The van der Waals surface area contributed by atoms with Gasteiger partial charge >= 0.3 is 0 Å². The molecule has 4 nitrogen and oxygen atoms in total. The number of rotatable bonds is 0. The number of carbonyl (C=O) groups is 2. The Bertz CT molecular complexity index is 508. The first-order chi connectivity index (χ1) is 7.24. The van der Waals surface area contributed by atoms with Gasteiger partial charge in [0.25, 0.3) is 11.7 Å². The van der Waals surface area contributed by atoms with Crippen molar-refractivity contribution in [3.8, 4) is 11.8 Å². The summed E-state index contributed by atoms with van der Waals surface area (Å²) in [7, 11) is 0. The summed E-state index contributed by atoms with van der Waals surface area (Å²) >= 11 is 0. The number of ketones is 1. The molecule has 1 aromatic rings. The van der Waals surface area contributed by atoms with Crippen LogP contribution in [0.25, 0.3) is 0 Å². The number of aliphatic hydroxyl groups is 1. The Labute approximate surface area is 85.9 Å². The van der Waals surface area contributed by atoms with Crippen LogP contribution >= 0.6 is 0 Å². The number of aliphatic hydroxyl groups excluding tert-OH is 1. The van der Waals surface area contributed by atoms with Crippen LogP contribution in [0.4, 0.5) is 5.69 Å². The minimum absolute atomic E-state index is 0.258. The van der Waals surface area contributed by atoms with E-state index in [4.69, 9.17) is 5.11 Å². The molecule has 2 rings (SSSR count). The zero-order valence-electron chi connectivity index (χ0n) is 7.70. The van der Waals surface area contributed by atoms with Crippen LogP contribution in [0.15, 0.2) is 18.2 Å². The van der Waals surface area contributed by atoms with E-state index in [-0.39, 0.29) is 6.61 Å². The second-order valence-corrected chi connectivity index (χ2v) is 2.97. The highest BCUT2D eigenvalue weighted by Gasteiger charge is 2.29. The summed E-state index contributed by atoms with van der Waals surface area (Å²) in [4.78, 5) is 22.4. The zero-order chi connectivity index (χ0) is 10.8. The standard InChI is InChI=1S/C11H7NO3/c13-6-2-4-7-3-1-5-8-9(7)12-11(15)10(8)14/h1,3,5,13H,6H2,(H,12,14,15). The SMILES string of the molecule is O=C1Nc2c(C#CCO)cccc2C1=O. The Morgan fingerprint density at radius 2 is 2.13 bits per heavy atom. The molecule has 4 heteroatoms. The van der Waals surface area contributed by atoms with Gasteiger partial charge in [0.05, 0.1) is 11.3 Å². The number of amides is 1. The Balaban J connectivity index is 2.54. The van der Waals surface area contributed by atoms with Crippen molar-refractivity contribution in [2.75, 3.05) is 11.9 Å². The molecule has 2 N–H and O–H groups in total. The Hall–Kier alpha value is -2.12. The van der Waals surface area contributed by atoms with Gasteiger partial charge in [0.1, 0.15) is 6.61 Å². The molecule has 0 radical (unpaired) electrons. The molecule has 1 amide bonds. The Kier molecular flexibility index (Phi) is 2.24. The van der Waals surface area contributed by atoms with Crippen LogP contribution in [-0.4, -0.2) is 23.4 Å². The van der Waals surface area contributed by atoms with E-state index < -0.39 is 11.7 Å². The molecular weight excluding hydrogens is 194 g/mol. The fraction of sp³-hybridized carbons (Fsp3) is 0.0909. The van der Waals surface area contributed by atoms with Gasteiger partial charge in [-0.05, 0) is 12.1 Å². The second-order valence-electron chi connectivity index (χ2n) is 2.97. The minimum Gasteiger partial charge on any atom is -0.384 e. The number of benzene rings is 1. The lowest BCUT2D eigenvalue weighted by atomic mass is 10.1. The average molecular weight is 201 g/mol. The summed E-state index contributed by atoms with van der Waals surface area (Å²) in [6.07, 6.45) is 0. The van der Waals surface area contributed by atoms with E-state index in [2.05, 4.69) is 17.2 Å². The van der Waals surface area contributed by atoms with Gasteiger partial charge in [0.15, 0.2) is 0 Å². The molecule has 0 aliphatic carbocycles.